The SMILES string of the molecule is N#CN=C(CCCCCCCOc1ccc(Cl)cc1)Cc1cncc(C(=O)O)c1. The molecule has 29 heavy (non-hydrogen) atoms. The molecule has 1 heterocycles. The van der Waals surface area contributed by atoms with E-state index in [0.29, 0.717) is 24.5 Å². The zero-order valence-electron chi connectivity index (χ0n) is 16.2. The fourth-order valence-electron chi connectivity index (χ4n) is 2.87. The number of nitriles is 1. The zero-order valence-corrected chi connectivity index (χ0v) is 16.9. The van der Waals surface area contributed by atoms with Crippen molar-refractivity contribution in [1.29, 1.82) is 5.26 Å². The van der Waals surface area contributed by atoms with Crippen LogP contribution in [0.2, 0.25) is 5.02 Å². The first-order valence-electron chi connectivity index (χ1n) is 9.58. The standard InChI is InChI=1S/C22H24ClN3O3/c23-19-7-9-21(10-8-19)29-11-5-3-1-2-4-6-20(26-16-24)13-17-12-18(22(27)28)15-25-14-17/h7-10,12,14-15H,1-6,11,13H2,(H,27,28). The number of unbranched alkanes of at least 4 members (excludes halogenated alkanes) is 4. The summed E-state index contributed by atoms with van der Waals surface area (Å²) < 4.78 is 5.67. The summed E-state index contributed by atoms with van der Waals surface area (Å²) in [6, 6.07) is 8.92. The molecule has 0 atom stereocenters. The van der Waals surface area contributed by atoms with Gasteiger partial charge in [0.05, 0.1) is 12.2 Å². The minimum atomic E-state index is -1.02. The van der Waals surface area contributed by atoms with Crippen molar-refractivity contribution in [3.63, 3.8) is 0 Å². The van der Waals surface area contributed by atoms with Gasteiger partial charge in [0, 0.05) is 29.5 Å². The second-order valence-electron chi connectivity index (χ2n) is 6.66. The fourth-order valence-corrected chi connectivity index (χ4v) is 3.00. The van der Waals surface area contributed by atoms with E-state index in [1.54, 1.807) is 12.3 Å². The van der Waals surface area contributed by atoms with Crippen LogP contribution in [0, 0.1) is 11.5 Å². The molecule has 1 aromatic heterocycles. The quantitative estimate of drug-likeness (QED) is 0.288. The van der Waals surface area contributed by atoms with Crippen molar-refractivity contribution in [2.45, 2.75) is 44.9 Å². The van der Waals surface area contributed by atoms with Gasteiger partial charge in [-0.05, 0) is 55.2 Å². The van der Waals surface area contributed by atoms with Gasteiger partial charge in [-0.1, -0.05) is 30.9 Å². The molecule has 0 fully saturated rings. The number of ether oxygens (including phenoxy) is 1. The first kappa shape index (κ1) is 22.4. The summed E-state index contributed by atoms with van der Waals surface area (Å²) in [7, 11) is 0. The van der Waals surface area contributed by atoms with E-state index in [9.17, 15) is 4.79 Å². The Labute approximate surface area is 175 Å². The predicted octanol–water partition coefficient (Wildman–Crippen LogP) is 5.32. The summed E-state index contributed by atoms with van der Waals surface area (Å²) in [5.74, 6) is -0.189. The largest absolute Gasteiger partial charge is 0.494 e. The molecular weight excluding hydrogens is 390 g/mol. The number of carbonyl (C=O) groups is 1. The molecule has 152 valence electrons. The summed E-state index contributed by atoms with van der Waals surface area (Å²) in [4.78, 5) is 18.9. The Bertz CT molecular complexity index is 860. The molecule has 0 aliphatic heterocycles. The number of aromatic carboxylic acids is 1. The van der Waals surface area contributed by atoms with Gasteiger partial charge in [0.15, 0.2) is 0 Å². The van der Waals surface area contributed by atoms with Crippen LogP contribution in [0.25, 0.3) is 0 Å². The number of pyridine rings is 1. The average Bonchev–Trinajstić information content (AvgIpc) is 2.71. The molecule has 0 aliphatic rings. The molecule has 0 saturated heterocycles. The lowest BCUT2D eigenvalue weighted by Crippen LogP contribution is -2.06. The van der Waals surface area contributed by atoms with Gasteiger partial charge in [-0.3, -0.25) is 4.98 Å². The number of aliphatic imine (C=N–C) groups is 1. The number of hydrogen-bond acceptors (Lipinski definition) is 5. The number of benzene rings is 1. The third-order valence-corrected chi connectivity index (χ3v) is 4.60. The highest BCUT2D eigenvalue weighted by molar-refractivity contribution is 6.30. The molecule has 6 nitrogen and oxygen atoms in total. The van der Waals surface area contributed by atoms with Crippen LogP contribution in [0.15, 0.2) is 47.7 Å². The van der Waals surface area contributed by atoms with Crippen molar-refractivity contribution in [3.8, 4) is 11.9 Å². The highest BCUT2D eigenvalue weighted by atomic mass is 35.5. The molecule has 0 radical (unpaired) electrons. The fraction of sp³-hybridized carbons (Fsp3) is 0.364. The van der Waals surface area contributed by atoms with Crippen LogP contribution in [0.1, 0.15) is 54.4 Å². The van der Waals surface area contributed by atoms with Crippen LogP contribution < -0.4 is 4.74 Å². The van der Waals surface area contributed by atoms with Crippen LogP contribution in [0.4, 0.5) is 0 Å². The number of nitrogens with zero attached hydrogens (tertiary/aromatic N) is 3. The van der Waals surface area contributed by atoms with Crippen molar-refractivity contribution >= 4 is 23.3 Å². The zero-order chi connectivity index (χ0) is 20.9. The van der Waals surface area contributed by atoms with Crippen LogP contribution in [0.5, 0.6) is 5.75 Å². The lowest BCUT2D eigenvalue weighted by molar-refractivity contribution is 0.0696. The lowest BCUT2D eigenvalue weighted by Gasteiger charge is -2.07. The predicted molar refractivity (Wildman–Crippen MR) is 113 cm³/mol. The molecular formula is C22H24ClN3O3. The molecule has 0 unspecified atom stereocenters. The smallest absolute Gasteiger partial charge is 0.337 e. The van der Waals surface area contributed by atoms with E-state index in [-0.39, 0.29) is 5.56 Å². The summed E-state index contributed by atoms with van der Waals surface area (Å²) in [5, 5.41) is 18.6. The van der Waals surface area contributed by atoms with E-state index in [2.05, 4.69) is 9.98 Å². The van der Waals surface area contributed by atoms with Gasteiger partial charge in [-0.2, -0.15) is 10.3 Å². The molecule has 2 rings (SSSR count). The Hall–Kier alpha value is -2.91. The summed E-state index contributed by atoms with van der Waals surface area (Å²) in [6.07, 6.45) is 11.0. The Balaban J connectivity index is 1.63. The number of carboxylic acids is 1. The normalized spacial score (nSPS) is 11.1. The Morgan fingerprint density at radius 2 is 1.86 bits per heavy atom. The van der Waals surface area contributed by atoms with E-state index in [1.165, 1.54) is 6.20 Å². The molecule has 1 N–H and O–H groups in total. The second kappa shape index (κ2) is 12.5. The van der Waals surface area contributed by atoms with E-state index >= 15 is 0 Å². The number of hydrogen-bond donors (Lipinski definition) is 1. The molecule has 0 bridgehead atoms. The molecule has 2 aromatic rings. The van der Waals surface area contributed by atoms with Crippen LogP contribution in [0.3, 0.4) is 0 Å². The first-order valence-corrected chi connectivity index (χ1v) is 9.96. The van der Waals surface area contributed by atoms with Gasteiger partial charge < -0.3 is 9.84 Å². The molecule has 0 amide bonds. The molecule has 7 heteroatoms. The lowest BCUT2D eigenvalue weighted by atomic mass is 10.0. The van der Waals surface area contributed by atoms with E-state index in [4.69, 9.17) is 26.7 Å². The van der Waals surface area contributed by atoms with E-state index < -0.39 is 5.97 Å². The molecule has 0 saturated carbocycles. The van der Waals surface area contributed by atoms with Gasteiger partial charge in [0.25, 0.3) is 0 Å². The van der Waals surface area contributed by atoms with Gasteiger partial charge in [0.2, 0.25) is 6.19 Å². The average molecular weight is 414 g/mol. The van der Waals surface area contributed by atoms with Crippen molar-refractivity contribution in [2.24, 2.45) is 4.99 Å². The molecule has 0 aliphatic carbocycles. The van der Waals surface area contributed by atoms with Gasteiger partial charge in [-0.25, -0.2) is 4.79 Å². The second-order valence-corrected chi connectivity index (χ2v) is 7.10. The van der Waals surface area contributed by atoms with Crippen LogP contribution in [-0.2, 0) is 6.42 Å². The Morgan fingerprint density at radius 3 is 2.59 bits per heavy atom. The van der Waals surface area contributed by atoms with Crippen molar-refractivity contribution in [2.75, 3.05) is 6.61 Å². The highest BCUT2D eigenvalue weighted by Crippen LogP contribution is 2.16. The van der Waals surface area contributed by atoms with Crippen molar-refractivity contribution in [1.82, 2.24) is 4.98 Å². The summed E-state index contributed by atoms with van der Waals surface area (Å²) in [5.41, 5.74) is 1.64. The monoisotopic (exact) mass is 413 g/mol. The number of carboxylic acid groups (broad SMARTS) is 1. The van der Waals surface area contributed by atoms with Crippen LogP contribution >= 0.6 is 11.6 Å². The molecule has 0 spiro atoms. The Morgan fingerprint density at radius 1 is 1.14 bits per heavy atom. The summed E-state index contributed by atoms with van der Waals surface area (Å²) in [6.45, 7) is 0.676. The maximum Gasteiger partial charge on any atom is 0.337 e. The highest BCUT2D eigenvalue weighted by Gasteiger charge is 2.07. The number of halogens is 1. The first-order chi connectivity index (χ1) is 14.1. The summed E-state index contributed by atoms with van der Waals surface area (Å²) >= 11 is 5.84. The van der Waals surface area contributed by atoms with Crippen LogP contribution in [-0.4, -0.2) is 28.4 Å². The number of rotatable bonds is 12. The maximum absolute atomic E-state index is 11.0. The van der Waals surface area contributed by atoms with Crippen molar-refractivity contribution < 1.29 is 14.6 Å². The van der Waals surface area contributed by atoms with Crippen molar-refractivity contribution in [3.05, 3.63) is 58.9 Å². The van der Waals surface area contributed by atoms with Gasteiger partial charge in [-0.15, -0.1) is 0 Å². The van der Waals surface area contributed by atoms with Gasteiger partial charge >= 0.3 is 5.97 Å². The maximum atomic E-state index is 11.0. The Kier molecular flexibility index (Phi) is 9.67. The van der Waals surface area contributed by atoms with Gasteiger partial charge in [0.1, 0.15) is 5.75 Å². The number of aromatic nitrogens is 1. The third-order valence-electron chi connectivity index (χ3n) is 4.35. The minimum absolute atomic E-state index is 0.139. The topological polar surface area (TPSA) is 95.6 Å². The minimum Gasteiger partial charge on any atom is -0.494 e. The van der Waals surface area contributed by atoms with E-state index in [0.717, 1.165) is 49.1 Å². The van der Waals surface area contributed by atoms with E-state index in [1.807, 2.05) is 30.5 Å². The third kappa shape index (κ3) is 8.75. The molecule has 1 aromatic carbocycles.